The smallest absolute Gasteiger partial charge is 0.271 e. The van der Waals surface area contributed by atoms with Crippen molar-refractivity contribution in [1.29, 1.82) is 0 Å². The number of amides is 1. The summed E-state index contributed by atoms with van der Waals surface area (Å²) < 4.78 is 0.869. The Kier molecular flexibility index (Phi) is 6.87. The summed E-state index contributed by atoms with van der Waals surface area (Å²) in [5, 5.41) is 25.2. The summed E-state index contributed by atoms with van der Waals surface area (Å²) in [7, 11) is 0. The van der Waals surface area contributed by atoms with Crippen molar-refractivity contribution in [2.75, 3.05) is 10.2 Å². The van der Waals surface area contributed by atoms with Crippen molar-refractivity contribution in [2.45, 2.75) is 89.9 Å². The number of aromatic nitrogens is 1. The van der Waals surface area contributed by atoms with Crippen LogP contribution in [0.2, 0.25) is 0 Å². The molecule has 3 N–H and O–H groups in total. The zero-order valence-electron chi connectivity index (χ0n) is 27.2. The van der Waals surface area contributed by atoms with Crippen LogP contribution >= 0.6 is 35.3 Å². The lowest BCUT2D eigenvalue weighted by molar-refractivity contribution is -0.122. The Morgan fingerprint density at radius 2 is 1.69 bits per heavy atom. The van der Waals surface area contributed by atoms with Gasteiger partial charge in [-0.2, -0.15) is 0 Å². The van der Waals surface area contributed by atoms with Gasteiger partial charge in [-0.25, -0.2) is 0 Å². The number of carbonyl (C=O) groups is 1. The average Bonchev–Trinajstić information content (AvgIpc) is 3.64. The number of thioether (sulfide) groups is 3. The fraction of sp³-hybridized carbons (Fsp3) is 0.417. The van der Waals surface area contributed by atoms with Crippen molar-refractivity contribution >= 4 is 58.1 Å². The van der Waals surface area contributed by atoms with Gasteiger partial charge in [-0.3, -0.25) is 14.3 Å². The van der Waals surface area contributed by atoms with Gasteiger partial charge in [0.25, 0.3) is 5.91 Å². The number of anilines is 2. The van der Waals surface area contributed by atoms with Crippen molar-refractivity contribution in [3.8, 4) is 11.8 Å². The number of fused-ring (bicyclic) bond motifs is 4. The minimum Gasteiger partial charge on any atom is -0.494 e. The third-order valence-electron chi connectivity index (χ3n) is 10.6. The van der Waals surface area contributed by atoms with Crippen LogP contribution in [0.3, 0.4) is 0 Å². The zero-order chi connectivity index (χ0) is 32.5. The number of benzene rings is 1. The van der Waals surface area contributed by atoms with E-state index in [1.807, 2.05) is 28.4 Å². The summed E-state index contributed by atoms with van der Waals surface area (Å²) >= 11 is 5.55. The van der Waals surface area contributed by atoms with E-state index in [9.17, 15) is 15.0 Å². The fourth-order valence-corrected chi connectivity index (χ4v) is 13.1. The molecule has 4 unspecified atom stereocenters. The Balaban J connectivity index is 1.57. The van der Waals surface area contributed by atoms with Crippen LogP contribution in [-0.4, -0.2) is 30.3 Å². The number of rotatable bonds is 4. The van der Waals surface area contributed by atoms with Gasteiger partial charge in [0.2, 0.25) is 0 Å². The Hall–Kier alpha value is -2.88. The van der Waals surface area contributed by atoms with E-state index in [1.54, 1.807) is 11.8 Å². The van der Waals surface area contributed by atoms with Crippen LogP contribution in [0.5, 0.6) is 11.8 Å². The van der Waals surface area contributed by atoms with Gasteiger partial charge in [0, 0.05) is 38.0 Å². The van der Waals surface area contributed by atoms with E-state index in [1.165, 1.54) is 58.6 Å². The van der Waals surface area contributed by atoms with E-state index in [-0.39, 0.29) is 23.6 Å². The first kappa shape index (κ1) is 30.8. The molecule has 9 heteroatoms. The van der Waals surface area contributed by atoms with E-state index in [0.717, 1.165) is 34.5 Å². The van der Waals surface area contributed by atoms with Gasteiger partial charge in [0.15, 0.2) is 17.9 Å². The van der Waals surface area contributed by atoms with Crippen LogP contribution < -0.4 is 10.2 Å². The van der Waals surface area contributed by atoms with Gasteiger partial charge < -0.3 is 15.5 Å². The van der Waals surface area contributed by atoms with Crippen LogP contribution in [0.25, 0.3) is 5.57 Å². The third-order valence-corrected chi connectivity index (χ3v) is 15.8. The molecule has 0 radical (unpaired) electrons. The van der Waals surface area contributed by atoms with Crippen molar-refractivity contribution in [1.82, 2.24) is 4.57 Å². The van der Waals surface area contributed by atoms with Crippen molar-refractivity contribution < 1.29 is 15.0 Å². The number of carbonyl (C=O) groups excluding carboxylic acids is 1. The molecule has 1 aromatic heterocycles. The minimum atomic E-state index is -0.995. The summed E-state index contributed by atoms with van der Waals surface area (Å²) in [5.74, 6) is 0.200. The number of nitrogens with zero attached hydrogens (tertiary/aromatic N) is 2. The van der Waals surface area contributed by atoms with Crippen molar-refractivity contribution in [3.63, 3.8) is 0 Å². The first-order chi connectivity index (χ1) is 21.2. The van der Waals surface area contributed by atoms with Crippen LogP contribution in [0.1, 0.15) is 90.6 Å². The molecular weight excluding hydrogens is 619 g/mol. The maximum atomic E-state index is 14.9. The molecule has 6 nitrogen and oxygen atoms in total. The van der Waals surface area contributed by atoms with Gasteiger partial charge in [0.1, 0.15) is 4.08 Å². The molecule has 5 aliphatic rings. The molecule has 45 heavy (non-hydrogen) atoms. The molecular formula is C36H41N3O3S3. The zero-order valence-corrected chi connectivity index (χ0v) is 29.7. The van der Waals surface area contributed by atoms with Gasteiger partial charge in [-0.1, -0.05) is 69.2 Å². The number of allylic oxidation sites excluding steroid dienone is 3. The molecule has 0 fully saturated rings. The molecule has 1 aromatic carbocycles. The lowest BCUT2D eigenvalue weighted by Gasteiger charge is -2.55. The van der Waals surface area contributed by atoms with Gasteiger partial charge >= 0.3 is 0 Å². The minimum absolute atomic E-state index is 0.156. The quantitative estimate of drug-likeness (QED) is 0.302. The fourth-order valence-electron chi connectivity index (χ4n) is 7.76. The monoisotopic (exact) mass is 659 g/mol. The third kappa shape index (κ3) is 3.89. The lowest BCUT2D eigenvalue weighted by atomic mass is 9.78. The predicted octanol–water partition coefficient (Wildman–Crippen LogP) is 9.63. The predicted molar refractivity (Wildman–Crippen MR) is 192 cm³/mol. The molecule has 0 bridgehead atoms. The number of hydrogen-bond acceptors (Lipinski definition) is 7. The second-order valence-electron chi connectivity index (χ2n) is 13.5. The second kappa shape index (κ2) is 10.1. The summed E-state index contributed by atoms with van der Waals surface area (Å²) in [4.78, 5) is 21.7. The van der Waals surface area contributed by atoms with Gasteiger partial charge in [-0.15, -0.1) is 0 Å². The molecule has 0 saturated heterocycles. The SMILES string of the molecule is C=C(C)C1=C(C(=C)C)SC2(S1)C(C)=C(C)SC1=C2c2cc3c(c4c2N(C(=O)C(n2c(O)ccc2O)N4)C1(C)CC)C(C)C(C)C3. The first-order valence-corrected chi connectivity index (χ1v) is 18.1. The highest BCUT2D eigenvalue weighted by Crippen LogP contribution is 2.73. The highest BCUT2D eigenvalue weighted by molar-refractivity contribution is 8.26. The summed E-state index contributed by atoms with van der Waals surface area (Å²) in [6, 6.07) is 5.24. The Labute approximate surface area is 278 Å². The van der Waals surface area contributed by atoms with E-state index in [4.69, 9.17) is 0 Å². The van der Waals surface area contributed by atoms with Crippen LogP contribution in [0, 0.1) is 5.92 Å². The normalized spacial score (nSPS) is 28.0. The van der Waals surface area contributed by atoms with Crippen LogP contribution in [0.4, 0.5) is 11.4 Å². The van der Waals surface area contributed by atoms with Gasteiger partial charge in [0.05, 0.1) is 16.9 Å². The molecule has 2 aromatic rings. The highest BCUT2D eigenvalue weighted by Gasteiger charge is 2.59. The first-order valence-electron chi connectivity index (χ1n) is 15.6. The van der Waals surface area contributed by atoms with Crippen LogP contribution in [0.15, 0.2) is 67.7 Å². The summed E-state index contributed by atoms with van der Waals surface area (Å²) in [6.45, 7) is 26.3. The maximum absolute atomic E-state index is 14.9. The average molecular weight is 660 g/mol. The van der Waals surface area contributed by atoms with Crippen LogP contribution in [-0.2, 0) is 11.2 Å². The molecule has 4 atom stereocenters. The standard InChI is InChI=1S/C36H41N3O3S3/c1-11-35(10)32-27(36(20(8)21(9)43-32)44-30(16(2)3)31(45-36)17(4)5)23-15-22-14-18(6)19(7)26(22)28-29(23)39(35)34(42)33(37-28)38-24(40)12-13-25(38)41/h12-13,15,18-19,33,37,40-41H,2,4,11,14H2,1,3,5-10H3. The summed E-state index contributed by atoms with van der Waals surface area (Å²) in [5.41, 5.74) is 9.45. The lowest BCUT2D eigenvalue weighted by Crippen LogP contribution is -2.59. The Morgan fingerprint density at radius 1 is 1.09 bits per heavy atom. The molecule has 7 rings (SSSR count). The van der Waals surface area contributed by atoms with Crippen molar-refractivity contribution in [2.24, 2.45) is 5.92 Å². The molecule has 0 saturated carbocycles. The molecule has 1 spiro atoms. The maximum Gasteiger partial charge on any atom is 0.271 e. The van der Waals surface area contributed by atoms with E-state index >= 15 is 0 Å². The molecule has 1 amide bonds. The number of nitrogens with one attached hydrogen (secondary N) is 1. The molecule has 1 aliphatic carbocycles. The largest absolute Gasteiger partial charge is 0.494 e. The topological polar surface area (TPSA) is 77.7 Å². The Morgan fingerprint density at radius 3 is 2.24 bits per heavy atom. The number of aromatic hydroxyl groups is 2. The van der Waals surface area contributed by atoms with E-state index in [0.29, 0.717) is 12.3 Å². The van der Waals surface area contributed by atoms with Crippen molar-refractivity contribution in [3.05, 3.63) is 84.4 Å². The Bertz CT molecular complexity index is 1820. The molecule has 236 valence electrons. The van der Waals surface area contributed by atoms with E-state index in [2.05, 4.69) is 79.9 Å². The molecule has 5 heterocycles. The number of hydrogen-bond donors (Lipinski definition) is 3. The summed E-state index contributed by atoms with van der Waals surface area (Å²) in [6.07, 6.45) is 0.644. The highest BCUT2D eigenvalue weighted by atomic mass is 32.2. The molecule has 4 aliphatic heterocycles. The van der Waals surface area contributed by atoms with Gasteiger partial charge in [-0.05, 0) is 98.1 Å². The second-order valence-corrected chi connectivity index (χ2v) is 17.4. The van der Waals surface area contributed by atoms with E-state index < -0.39 is 15.8 Å².